The number of imidazole rings is 1. The maximum atomic E-state index is 16.5. The third kappa shape index (κ3) is 9.19. The van der Waals surface area contributed by atoms with Gasteiger partial charge in [0.05, 0.1) is 32.1 Å². The summed E-state index contributed by atoms with van der Waals surface area (Å²) in [6.07, 6.45) is -10.2. The van der Waals surface area contributed by atoms with E-state index >= 15 is 4.39 Å². The predicted octanol–water partition coefficient (Wildman–Crippen LogP) is 4.14. The van der Waals surface area contributed by atoms with Gasteiger partial charge in [0, 0.05) is 13.5 Å². The minimum absolute atomic E-state index is 0.00325. The average Bonchev–Trinajstić information content (AvgIpc) is 3.44. The fourth-order valence-corrected chi connectivity index (χ4v) is 4.51. The molecule has 19 heteroatoms. The van der Waals surface area contributed by atoms with E-state index in [1.54, 1.807) is 0 Å². The van der Waals surface area contributed by atoms with Crippen molar-refractivity contribution in [3.05, 3.63) is 41.4 Å². The first-order chi connectivity index (χ1) is 22.6. The molecule has 2 N–H and O–H groups in total. The van der Waals surface area contributed by atoms with E-state index < -0.39 is 73.1 Å². The number of alkyl halides is 4. The second kappa shape index (κ2) is 16.2. The molecule has 1 aromatic carbocycles. The van der Waals surface area contributed by atoms with Crippen molar-refractivity contribution in [3.8, 4) is 5.75 Å². The van der Waals surface area contributed by atoms with Crippen LogP contribution >= 0.6 is 11.6 Å². The number of esters is 3. The molecule has 264 valence electrons. The molecule has 0 spiro atoms. The summed E-state index contributed by atoms with van der Waals surface area (Å²) in [6, 6.07) is 4.27. The number of rotatable bonds is 16. The maximum Gasteiger partial charge on any atom is 0.573 e. The van der Waals surface area contributed by atoms with Crippen LogP contribution in [0.5, 0.6) is 5.75 Å². The molecular weight excluding hydrogens is 674 g/mol. The van der Waals surface area contributed by atoms with Crippen LogP contribution in [-0.2, 0) is 44.5 Å². The highest BCUT2D eigenvalue weighted by molar-refractivity contribution is 6.28. The molecule has 0 radical (unpaired) electrons. The zero-order valence-electron chi connectivity index (χ0n) is 26.5. The van der Waals surface area contributed by atoms with E-state index in [9.17, 15) is 27.6 Å². The fourth-order valence-electron chi connectivity index (χ4n) is 4.34. The van der Waals surface area contributed by atoms with Gasteiger partial charge in [-0.15, -0.1) is 13.2 Å². The Morgan fingerprint density at radius 2 is 1.62 bits per heavy atom. The van der Waals surface area contributed by atoms with E-state index in [2.05, 4.69) is 19.7 Å². The highest BCUT2D eigenvalue weighted by Crippen LogP contribution is 2.31. The molecule has 0 amide bonds. The van der Waals surface area contributed by atoms with Crippen molar-refractivity contribution in [2.75, 3.05) is 32.7 Å². The molecule has 0 fully saturated rings. The van der Waals surface area contributed by atoms with Crippen molar-refractivity contribution in [1.82, 2.24) is 19.5 Å². The monoisotopic (exact) mass is 707 g/mol. The zero-order chi connectivity index (χ0) is 35.8. The van der Waals surface area contributed by atoms with E-state index in [0.29, 0.717) is 0 Å². The molecule has 2 heterocycles. The summed E-state index contributed by atoms with van der Waals surface area (Å²) in [5.74, 6) is -4.72. The van der Waals surface area contributed by atoms with Gasteiger partial charge in [-0.3, -0.25) is 9.36 Å². The van der Waals surface area contributed by atoms with E-state index in [0.717, 1.165) is 30.1 Å². The van der Waals surface area contributed by atoms with Crippen molar-refractivity contribution < 1.29 is 60.4 Å². The van der Waals surface area contributed by atoms with Crippen molar-refractivity contribution in [2.45, 2.75) is 64.6 Å². The fraction of sp³-hybridized carbons (Fsp3) is 0.517. The summed E-state index contributed by atoms with van der Waals surface area (Å²) in [6.45, 7) is 4.72. The van der Waals surface area contributed by atoms with Crippen LogP contribution in [0.4, 0.5) is 23.4 Å². The third-order valence-corrected chi connectivity index (χ3v) is 6.83. The number of hydrogen-bond acceptors (Lipinski definition) is 13. The van der Waals surface area contributed by atoms with Gasteiger partial charge in [-0.1, -0.05) is 26.0 Å². The SMILES string of the molecule is CCOC(=O)C(Cc1ccc(OC(F)(F)F)cc1)(OC[C@@H](OC)[C@@H](OC(=O)C(C)C)[C@H](F)n1cnc2c(N)nc(Cl)nc21)C(=O)OCC. The second-order valence-electron chi connectivity index (χ2n) is 10.4. The molecule has 0 saturated carbocycles. The summed E-state index contributed by atoms with van der Waals surface area (Å²) >= 11 is 5.93. The number of benzene rings is 1. The smallest absolute Gasteiger partial charge is 0.463 e. The van der Waals surface area contributed by atoms with Gasteiger partial charge in [-0.05, 0) is 43.1 Å². The third-order valence-electron chi connectivity index (χ3n) is 6.67. The number of anilines is 1. The van der Waals surface area contributed by atoms with Gasteiger partial charge in [0.25, 0.3) is 5.60 Å². The number of carbonyl (C=O) groups excluding carboxylic acids is 3. The molecule has 0 bridgehead atoms. The summed E-state index contributed by atoms with van der Waals surface area (Å²) in [5, 5.41) is -0.317. The highest BCUT2D eigenvalue weighted by atomic mass is 35.5. The summed E-state index contributed by atoms with van der Waals surface area (Å²) in [7, 11) is 1.13. The standard InChI is InChI=1S/C29H34ClF4N5O9/c1-6-44-25(41)28(26(42)45-7-2,12-16-8-10-17(11-9-16)48-29(32,33)34)46-13-18(43-5)20(47-24(40)15(3)4)21(31)39-14-36-19-22(35)37-27(30)38-23(19)39/h8-11,14-15,18,20-21H,6-7,12-13H2,1-5H3,(H2,35,37,38)/t18-,20-,21-/m1/s1. The van der Waals surface area contributed by atoms with Gasteiger partial charge in [0.1, 0.15) is 17.4 Å². The van der Waals surface area contributed by atoms with Crippen LogP contribution < -0.4 is 10.5 Å². The number of ether oxygens (including phenoxy) is 6. The van der Waals surface area contributed by atoms with Crippen LogP contribution in [0.2, 0.25) is 5.28 Å². The minimum atomic E-state index is -4.96. The Kier molecular flexibility index (Phi) is 12.9. The quantitative estimate of drug-likeness (QED) is 0.0740. The molecule has 2 aromatic heterocycles. The zero-order valence-corrected chi connectivity index (χ0v) is 27.2. The maximum absolute atomic E-state index is 16.5. The number of nitrogen functional groups attached to an aromatic ring is 1. The molecule has 0 aliphatic carbocycles. The van der Waals surface area contributed by atoms with Crippen molar-refractivity contribution in [1.29, 1.82) is 0 Å². The average molecular weight is 708 g/mol. The predicted molar refractivity (Wildman–Crippen MR) is 159 cm³/mol. The molecule has 3 rings (SSSR count). The number of fused-ring (bicyclic) bond motifs is 1. The minimum Gasteiger partial charge on any atom is -0.463 e. The molecule has 0 aliphatic rings. The van der Waals surface area contributed by atoms with Crippen LogP contribution in [0, 0.1) is 5.92 Å². The largest absolute Gasteiger partial charge is 0.573 e. The molecular formula is C29H34ClF4N5O9. The van der Waals surface area contributed by atoms with E-state index in [4.69, 9.17) is 41.0 Å². The molecule has 14 nitrogen and oxygen atoms in total. The highest BCUT2D eigenvalue weighted by Gasteiger charge is 2.52. The molecule has 3 atom stereocenters. The first kappa shape index (κ1) is 38.2. The van der Waals surface area contributed by atoms with E-state index in [1.165, 1.54) is 39.8 Å². The Morgan fingerprint density at radius 3 is 2.15 bits per heavy atom. The molecule has 3 aromatic rings. The summed E-state index contributed by atoms with van der Waals surface area (Å²) in [4.78, 5) is 51.4. The normalized spacial score (nSPS) is 14.0. The number of carbonyl (C=O) groups is 3. The lowest BCUT2D eigenvalue weighted by Gasteiger charge is -2.34. The second-order valence-corrected chi connectivity index (χ2v) is 10.7. The van der Waals surface area contributed by atoms with Crippen LogP contribution in [0.25, 0.3) is 11.2 Å². The Morgan fingerprint density at radius 1 is 1.02 bits per heavy atom. The lowest BCUT2D eigenvalue weighted by molar-refractivity contribution is -0.274. The first-order valence-corrected chi connectivity index (χ1v) is 14.8. The van der Waals surface area contributed by atoms with Crippen molar-refractivity contribution in [2.24, 2.45) is 5.92 Å². The number of methoxy groups -OCH3 is 1. The summed E-state index contributed by atoms with van der Waals surface area (Å²) < 4.78 is 86.5. The van der Waals surface area contributed by atoms with Crippen LogP contribution in [0.3, 0.4) is 0 Å². The van der Waals surface area contributed by atoms with Gasteiger partial charge in [-0.25, -0.2) is 19.0 Å². The number of nitrogens with zero attached hydrogens (tertiary/aromatic N) is 4. The first-order valence-electron chi connectivity index (χ1n) is 14.4. The van der Waals surface area contributed by atoms with Gasteiger partial charge in [0.15, 0.2) is 17.6 Å². The Labute approximate surface area is 276 Å². The molecule has 48 heavy (non-hydrogen) atoms. The van der Waals surface area contributed by atoms with Crippen molar-refractivity contribution in [3.63, 3.8) is 0 Å². The van der Waals surface area contributed by atoms with Crippen LogP contribution in [0.15, 0.2) is 30.6 Å². The topological polar surface area (TPSA) is 176 Å². The van der Waals surface area contributed by atoms with Crippen LogP contribution in [-0.4, -0.2) is 88.5 Å². The van der Waals surface area contributed by atoms with E-state index in [1.807, 2.05) is 0 Å². The lowest BCUT2D eigenvalue weighted by atomic mass is 9.93. The molecule has 0 unspecified atom stereocenters. The van der Waals surface area contributed by atoms with Crippen molar-refractivity contribution >= 4 is 46.5 Å². The summed E-state index contributed by atoms with van der Waals surface area (Å²) in [5.41, 5.74) is 3.25. The molecule has 0 saturated heterocycles. The lowest BCUT2D eigenvalue weighted by Crippen LogP contribution is -2.55. The number of halogens is 5. The molecule has 0 aliphatic heterocycles. The van der Waals surface area contributed by atoms with Gasteiger partial charge >= 0.3 is 24.3 Å². The Balaban J connectivity index is 2.05. The van der Waals surface area contributed by atoms with Gasteiger partial charge < -0.3 is 34.2 Å². The Bertz CT molecular complexity index is 1550. The van der Waals surface area contributed by atoms with Crippen LogP contribution in [0.1, 0.15) is 39.6 Å². The number of nitrogens with two attached hydrogens (primary N) is 1. The van der Waals surface area contributed by atoms with E-state index in [-0.39, 0.29) is 41.0 Å². The number of aromatic nitrogens is 4. The number of hydrogen-bond donors (Lipinski definition) is 1. The van der Waals surface area contributed by atoms with Gasteiger partial charge in [0.2, 0.25) is 11.6 Å². The van der Waals surface area contributed by atoms with Gasteiger partial charge in [-0.2, -0.15) is 9.97 Å². The Hall–Kier alpha value is -4.29.